The van der Waals surface area contributed by atoms with E-state index in [9.17, 15) is 10.1 Å². The van der Waals surface area contributed by atoms with E-state index in [0.717, 1.165) is 30.5 Å². The van der Waals surface area contributed by atoms with Crippen molar-refractivity contribution in [2.75, 3.05) is 26.9 Å². The van der Waals surface area contributed by atoms with Gasteiger partial charge in [-0.15, -0.1) is 11.8 Å². The van der Waals surface area contributed by atoms with Gasteiger partial charge in [0, 0.05) is 18.2 Å². The highest BCUT2D eigenvalue weighted by atomic mass is 32.2. The molecule has 0 saturated heterocycles. The monoisotopic (exact) mass is 408 g/mol. The standard InChI is InChI=1S/C23H28N4OS/c1-5-15-6-8-17(9-7-15)21(27(2)3)14-25-22(28)18-12-20(16-10-11-16)26-23(29-4)19(18)13-24/h6-9,12,16,21H,5,10-11,14H2,1-4H3,(H,25,28). The second-order valence-electron chi connectivity index (χ2n) is 7.65. The maximum Gasteiger partial charge on any atom is 0.252 e. The van der Waals surface area contributed by atoms with Crippen LogP contribution in [0.5, 0.6) is 0 Å². The van der Waals surface area contributed by atoms with Crippen LogP contribution in [0.3, 0.4) is 0 Å². The van der Waals surface area contributed by atoms with E-state index < -0.39 is 0 Å². The van der Waals surface area contributed by atoms with Crippen LogP contribution in [0.1, 0.15) is 64.5 Å². The molecular weight excluding hydrogens is 380 g/mol. The van der Waals surface area contributed by atoms with Crippen molar-refractivity contribution in [1.29, 1.82) is 5.26 Å². The Kier molecular flexibility index (Phi) is 6.94. The molecule has 0 aliphatic heterocycles. The number of thioether (sulfide) groups is 1. The Bertz CT molecular complexity index is 914. The molecule has 1 aromatic heterocycles. The summed E-state index contributed by atoms with van der Waals surface area (Å²) in [5.74, 6) is 0.213. The molecule has 1 amide bonds. The number of pyridine rings is 1. The van der Waals surface area contributed by atoms with E-state index in [-0.39, 0.29) is 11.9 Å². The molecule has 1 atom stereocenters. The fourth-order valence-corrected chi connectivity index (χ4v) is 3.98. The molecule has 152 valence electrons. The Morgan fingerprint density at radius 1 is 1.34 bits per heavy atom. The third kappa shape index (κ3) is 4.98. The molecule has 6 heteroatoms. The number of aryl methyl sites for hydroxylation is 1. The van der Waals surface area contributed by atoms with E-state index in [2.05, 4.69) is 52.5 Å². The van der Waals surface area contributed by atoms with Crippen LogP contribution in [0.4, 0.5) is 0 Å². The van der Waals surface area contributed by atoms with E-state index >= 15 is 0 Å². The average Bonchev–Trinajstić information content (AvgIpc) is 3.58. The molecule has 0 spiro atoms. The summed E-state index contributed by atoms with van der Waals surface area (Å²) >= 11 is 1.42. The lowest BCUT2D eigenvalue weighted by Crippen LogP contribution is -2.35. The normalized spacial score (nSPS) is 14.5. The van der Waals surface area contributed by atoms with Crippen LogP contribution in [0.2, 0.25) is 0 Å². The van der Waals surface area contributed by atoms with Gasteiger partial charge in [0.05, 0.1) is 17.2 Å². The van der Waals surface area contributed by atoms with Crippen molar-refractivity contribution in [1.82, 2.24) is 15.2 Å². The van der Waals surface area contributed by atoms with Gasteiger partial charge in [-0.25, -0.2) is 4.98 Å². The summed E-state index contributed by atoms with van der Waals surface area (Å²) in [5, 5.41) is 13.3. The van der Waals surface area contributed by atoms with Gasteiger partial charge in [0.1, 0.15) is 11.1 Å². The predicted octanol–water partition coefficient (Wildman–Crippen LogP) is 4.15. The molecule has 3 rings (SSSR count). The lowest BCUT2D eigenvalue weighted by Gasteiger charge is -2.25. The lowest BCUT2D eigenvalue weighted by atomic mass is 10.0. The number of nitriles is 1. The van der Waals surface area contributed by atoms with Crippen LogP contribution in [0, 0.1) is 11.3 Å². The summed E-state index contributed by atoms with van der Waals surface area (Å²) in [5.41, 5.74) is 4.19. The van der Waals surface area contributed by atoms with E-state index in [0.29, 0.717) is 28.6 Å². The SMILES string of the molecule is CCc1ccc(C(CNC(=O)c2cc(C3CC3)nc(SC)c2C#N)N(C)C)cc1. The summed E-state index contributed by atoms with van der Waals surface area (Å²) in [6, 6.07) is 12.6. The summed E-state index contributed by atoms with van der Waals surface area (Å²) < 4.78 is 0. The molecule has 1 aromatic carbocycles. The number of benzene rings is 1. The Hall–Kier alpha value is -2.36. The molecule has 1 aliphatic carbocycles. The van der Waals surface area contributed by atoms with Crippen LogP contribution in [0.15, 0.2) is 35.4 Å². The third-order valence-electron chi connectivity index (χ3n) is 5.40. The highest BCUT2D eigenvalue weighted by Gasteiger charge is 2.28. The Balaban J connectivity index is 1.81. The minimum Gasteiger partial charge on any atom is -0.350 e. The quantitative estimate of drug-likeness (QED) is 0.665. The highest BCUT2D eigenvalue weighted by Crippen LogP contribution is 2.40. The first-order chi connectivity index (χ1) is 14.0. The Morgan fingerprint density at radius 2 is 2.03 bits per heavy atom. The summed E-state index contributed by atoms with van der Waals surface area (Å²) in [6.07, 6.45) is 5.10. The first kappa shape index (κ1) is 21.4. The van der Waals surface area contributed by atoms with Gasteiger partial charge in [-0.3, -0.25) is 4.79 Å². The third-order valence-corrected chi connectivity index (χ3v) is 6.09. The smallest absolute Gasteiger partial charge is 0.252 e. The number of likely N-dealkylation sites (N-methyl/N-ethyl adjacent to an activating group) is 1. The second-order valence-corrected chi connectivity index (χ2v) is 8.44. The van der Waals surface area contributed by atoms with Gasteiger partial charge in [0.25, 0.3) is 5.91 Å². The number of amides is 1. The minimum absolute atomic E-state index is 0.0557. The maximum atomic E-state index is 13.0. The molecule has 1 N–H and O–H groups in total. The number of carbonyl (C=O) groups is 1. The number of nitrogens with one attached hydrogen (secondary N) is 1. The van der Waals surface area contributed by atoms with E-state index in [1.807, 2.05) is 26.4 Å². The average molecular weight is 409 g/mol. The zero-order valence-corrected chi connectivity index (χ0v) is 18.3. The maximum absolute atomic E-state index is 13.0. The van der Waals surface area contributed by atoms with E-state index in [4.69, 9.17) is 0 Å². The molecule has 5 nitrogen and oxygen atoms in total. The zero-order valence-electron chi connectivity index (χ0n) is 17.5. The van der Waals surface area contributed by atoms with Crippen molar-refractivity contribution in [3.8, 4) is 6.07 Å². The molecule has 1 saturated carbocycles. The van der Waals surface area contributed by atoms with Gasteiger partial charge in [0.2, 0.25) is 0 Å². The van der Waals surface area contributed by atoms with Gasteiger partial charge in [0.15, 0.2) is 0 Å². The molecule has 1 heterocycles. The number of aromatic nitrogens is 1. The highest BCUT2D eigenvalue weighted by molar-refractivity contribution is 7.98. The summed E-state index contributed by atoms with van der Waals surface area (Å²) in [4.78, 5) is 19.7. The van der Waals surface area contributed by atoms with Crippen molar-refractivity contribution >= 4 is 17.7 Å². The zero-order chi connectivity index (χ0) is 21.0. The van der Waals surface area contributed by atoms with Crippen molar-refractivity contribution in [2.24, 2.45) is 0 Å². The summed E-state index contributed by atoms with van der Waals surface area (Å²) in [7, 11) is 4.02. The number of carbonyl (C=O) groups excluding carboxylic acids is 1. The van der Waals surface area contributed by atoms with Gasteiger partial charge in [-0.05, 0) is 56.8 Å². The Labute approximate surface area is 177 Å². The van der Waals surface area contributed by atoms with Crippen LogP contribution in [-0.2, 0) is 6.42 Å². The molecule has 1 aliphatic rings. The predicted molar refractivity (Wildman–Crippen MR) is 117 cm³/mol. The van der Waals surface area contributed by atoms with E-state index in [1.165, 1.54) is 17.3 Å². The van der Waals surface area contributed by atoms with Gasteiger partial charge in [-0.1, -0.05) is 31.2 Å². The van der Waals surface area contributed by atoms with E-state index in [1.54, 1.807) is 0 Å². The van der Waals surface area contributed by atoms with Crippen LogP contribution >= 0.6 is 11.8 Å². The molecule has 29 heavy (non-hydrogen) atoms. The Morgan fingerprint density at radius 3 is 2.55 bits per heavy atom. The van der Waals surface area contributed by atoms with Crippen molar-refractivity contribution in [3.05, 3.63) is 58.3 Å². The molecular formula is C23H28N4OS. The number of nitrogens with zero attached hydrogens (tertiary/aromatic N) is 3. The molecule has 0 radical (unpaired) electrons. The summed E-state index contributed by atoms with van der Waals surface area (Å²) in [6.45, 7) is 2.61. The fraction of sp³-hybridized carbons (Fsp3) is 0.435. The van der Waals surface area contributed by atoms with Crippen LogP contribution in [0.25, 0.3) is 0 Å². The fourth-order valence-electron chi connectivity index (χ4n) is 3.42. The number of hydrogen-bond acceptors (Lipinski definition) is 5. The number of hydrogen-bond donors (Lipinski definition) is 1. The minimum atomic E-state index is -0.210. The second kappa shape index (κ2) is 9.43. The first-order valence-corrected chi connectivity index (χ1v) is 11.2. The molecule has 2 aromatic rings. The van der Waals surface area contributed by atoms with Crippen molar-refractivity contribution in [2.45, 2.75) is 43.2 Å². The van der Waals surface area contributed by atoms with Gasteiger partial charge >= 0.3 is 0 Å². The van der Waals surface area contributed by atoms with Crippen LogP contribution in [-0.4, -0.2) is 42.7 Å². The first-order valence-electron chi connectivity index (χ1n) is 10.0. The van der Waals surface area contributed by atoms with Crippen molar-refractivity contribution < 1.29 is 4.79 Å². The molecule has 0 bridgehead atoms. The van der Waals surface area contributed by atoms with Crippen LogP contribution < -0.4 is 5.32 Å². The van der Waals surface area contributed by atoms with Gasteiger partial charge in [-0.2, -0.15) is 5.26 Å². The molecule has 1 unspecified atom stereocenters. The number of rotatable bonds is 8. The lowest BCUT2D eigenvalue weighted by molar-refractivity contribution is 0.0941. The van der Waals surface area contributed by atoms with Gasteiger partial charge < -0.3 is 10.2 Å². The largest absolute Gasteiger partial charge is 0.350 e. The molecule has 1 fully saturated rings. The van der Waals surface area contributed by atoms with Crippen molar-refractivity contribution in [3.63, 3.8) is 0 Å². The topological polar surface area (TPSA) is 69.0 Å².